The minimum absolute atomic E-state index is 0.714. The number of rotatable bonds is 3. The van der Waals surface area contributed by atoms with E-state index in [-0.39, 0.29) is 0 Å². The molecule has 0 bridgehead atoms. The summed E-state index contributed by atoms with van der Waals surface area (Å²) in [5.41, 5.74) is 5.34. The van der Waals surface area contributed by atoms with Gasteiger partial charge in [0.2, 0.25) is 0 Å². The number of hydrogen-bond donors (Lipinski definition) is 1. The number of nitrogens with zero attached hydrogens (tertiary/aromatic N) is 5. The highest BCUT2D eigenvalue weighted by Crippen LogP contribution is 2.41. The molecule has 1 aliphatic heterocycles. The Kier molecular flexibility index (Phi) is 5.97. The molecule has 10 heteroatoms. The van der Waals surface area contributed by atoms with E-state index in [1.54, 1.807) is 6.33 Å². The van der Waals surface area contributed by atoms with Gasteiger partial charge < -0.3 is 5.11 Å². The van der Waals surface area contributed by atoms with E-state index >= 15 is 0 Å². The van der Waals surface area contributed by atoms with E-state index in [0.717, 1.165) is 32.5 Å². The average molecular weight is 397 g/mol. The maximum Gasteiger partial charge on any atom is 0.490 e. The lowest BCUT2D eigenvalue weighted by molar-refractivity contribution is -0.192. The maximum absolute atomic E-state index is 10.6. The first-order valence-electron chi connectivity index (χ1n) is 9.06. The van der Waals surface area contributed by atoms with Crippen LogP contribution in [0.25, 0.3) is 0 Å². The number of carboxylic acid groups (broad SMARTS) is 1. The zero-order valence-electron chi connectivity index (χ0n) is 15.5. The highest BCUT2D eigenvalue weighted by Gasteiger charge is 2.38. The largest absolute Gasteiger partial charge is 0.490 e. The Bertz CT molecular complexity index is 833. The molecular formula is C18H22F3N5O2. The Balaban J connectivity index is 0.000000279. The van der Waals surface area contributed by atoms with Gasteiger partial charge in [0, 0.05) is 56.5 Å². The Labute approximate surface area is 160 Å². The second-order valence-corrected chi connectivity index (χ2v) is 7.06. The highest BCUT2D eigenvalue weighted by atomic mass is 19.4. The van der Waals surface area contributed by atoms with Crippen molar-refractivity contribution in [2.24, 2.45) is 7.05 Å². The van der Waals surface area contributed by atoms with Gasteiger partial charge in [0.25, 0.3) is 0 Å². The number of halogens is 3. The summed E-state index contributed by atoms with van der Waals surface area (Å²) in [5.74, 6) is -2.04. The van der Waals surface area contributed by atoms with Crippen LogP contribution in [-0.4, -0.2) is 55.0 Å². The quantitative estimate of drug-likeness (QED) is 0.856. The average Bonchev–Trinajstić information content (AvgIpc) is 3.41. The van der Waals surface area contributed by atoms with Gasteiger partial charge in [-0.3, -0.25) is 9.58 Å². The zero-order valence-corrected chi connectivity index (χ0v) is 15.5. The van der Waals surface area contributed by atoms with Crippen LogP contribution in [0, 0.1) is 0 Å². The van der Waals surface area contributed by atoms with E-state index in [9.17, 15) is 13.2 Å². The summed E-state index contributed by atoms with van der Waals surface area (Å²) in [6, 6.07) is 0. The van der Waals surface area contributed by atoms with Crippen molar-refractivity contribution in [3.63, 3.8) is 0 Å². The molecule has 1 aliphatic carbocycles. The molecular weight excluding hydrogens is 375 g/mol. The third-order valence-electron chi connectivity index (χ3n) is 4.78. The van der Waals surface area contributed by atoms with E-state index in [4.69, 9.17) is 9.90 Å². The number of aromatic nitrogens is 4. The van der Waals surface area contributed by atoms with Crippen molar-refractivity contribution in [2.75, 3.05) is 13.1 Å². The van der Waals surface area contributed by atoms with Crippen molar-refractivity contribution in [3.8, 4) is 0 Å². The van der Waals surface area contributed by atoms with E-state index in [0.29, 0.717) is 5.92 Å². The standard InChI is InChI=1S/C16H21N5.C2HF3O2/c1-20-9-12(8-19-20)10-21-6-4-14-15(5-7-21)17-11-18-16(14)13-2-3-13;3-2(4,5)1(6)7/h8-9,11,13H,2-7,10H2,1H3;(H,6,7). The van der Waals surface area contributed by atoms with Gasteiger partial charge in [0.05, 0.1) is 11.9 Å². The summed E-state index contributed by atoms with van der Waals surface area (Å²) >= 11 is 0. The van der Waals surface area contributed by atoms with Crippen LogP contribution < -0.4 is 0 Å². The molecule has 0 radical (unpaired) electrons. The predicted molar refractivity (Wildman–Crippen MR) is 93.6 cm³/mol. The van der Waals surface area contributed by atoms with Crippen LogP contribution in [0.5, 0.6) is 0 Å². The number of aryl methyl sites for hydroxylation is 1. The van der Waals surface area contributed by atoms with Crippen LogP contribution in [-0.2, 0) is 31.2 Å². The molecule has 2 aromatic heterocycles. The molecule has 2 aromatic rings. The molecule has 28 heavy (non-hydrogen) atoms. The van der Waals surface area contributed by atoms with Crippen LogP contribution >= 0.6 is 0 Å². The summed E-state index contributed by atoms with van der Waals surface area (Å²) in [6.07, 6.45) is 5.50. The Morgan fingerprint density at radius 3 is 2.50 bits per heavy atom. The van der Waals surface area contributed by atoms with Crippen LogP contribution in [0.3, 0.4) is 0 Å². The molecule has 0 spiro atoms. The van der Waals surface area contributed by atoms with E-state index in [2.05, 4.69) is 26.2 Å². The molecule has 0 atom stereocenters. The lowest BCUT2D eigenvalue weighted by Gasteiger charge is -2.18. The topological polar surface area (TPSA) is 84.1 Å². The van der Waals surface area contributed by atoms with Crippen LogP contribution in [0.15, 0.2) is 18.7 Å². The smallest absolute Gasteiger partial charge is 0.475 e. The van der Waals surface area contributed by atoms with Crippen molar-refractivity contribution in [2.45, 2.75) is 44.3 Å². The Morgan fingerprint density at radius 1 is 1.25 bits per heavy atom. The lowest BCUT2D eigenvalue weighted by Crippen LogP contribution is -2.25. The first-order chi connectivity index (χ1) is 13.2. The van der Waals surface area contributed by atoms with Crippen molar-refractivity contribution in [1.82, 2.24) is 24.6 Å². The molecule has 0 amide bonds. The molecule has 1 saturated carbocycles. The number of fused-ring (bicyclic) bond motifs is 1. The van der Waals surface area contributed by atoms with E-state index in [1.807, 2.05) is 17.9 Å². The van der Waals surface area contributed by atoms with Crippen molar-refractivity contribution < 1.29 is 23.1 Å². The highest BCUT2D eigenvalue weighted by molar-refractivity contribution is 5.73. The number of carboxylic acids is 1. The molecule has 0 unspecified atom stereocenters. The summed E-state index contributed by atoms with van der Waals surface area (Å²) in [5, 5.41) is 11.4. The molecule has 4 rings (SSSR count). The van der Waals surface area contributed by atoms with E-state index < -0.39 is 12.1 Å². The van der Waals surface area contributed by atoms with Crippen molar-refractivity contribution in [1.29, 1.82) is 0 Å². The fourth-order valence-corrected chi connectivity index (χ4v) is 3.28. The van der Waals surface area contributed by atoms with Crippen LogP contribution in [0.2, 0.25) is 0 Å². The molecule has 7 nitrogen and oxygen atoms in total. The molecule has 1 N–H and O–H groups in total. The summed E-state index contributed by atoms with van der Waals surface area (Å²) < 4.78 is 33.6. The van der Waals surface area contributed by atoms with Gasteiger partial charge >= 0.3 is 12.1 Å². The minimum Gasteiger partial charge on any atom is -0.475 e. The van der Waals surface area contributed by atoms with Crippen molar-refractivity contribution >= 4 is 5.97 Å². The van der Waals surface area contributed by atoms with Crippen LogP contribution in [0.1, 0.15) is 41.3 Å². The molecule has 2 aliphatic rings. The Morgan fingerprint density at radius 2 is 1.93 bits per heavy atom. The number of carbonyl (C=O) groups is 1. The molecule has 152 valence electrons. The summed E-state index contributed by atoms with van der Waals surface area (Å²) in [4.78, 5) is 20.5. The monoisotopic (exact) mass is 397 g/mol. The molecule has 0 saturated heterocycles. The molecule has 3 heterocycles. The molecule has 1 fully saturated rings. The first kappa shape index (κ1) is 20.2. The fourth-order valence-electron chi connectivity index (χ4n) is 3.28. The third kappa shape index (κ3) is 5.28. The normalized spacial score (nSPS) is 17.3. The van der Waals surface area contributed by atoms with Gasteiger partial charge in [0.1, 0.15) is 6.33 Å². The third-order valence-corrected chi connectivity index (χ3v) is 4.78. The van der Waals surface area contributed by atoms with Gasteiger partial charge in [-0.05, 0) is 24.8 Å². The number of aliphatic carboxylic acids is 1. The fraction of sp³-hybridized carbons (Fsp3) is 0.556. The Hall–Kier alpha value is -2.49. The first-order valence-corrected chi connectivity index (χ1v) is 9.06. The summed E-state index contributed by atoms with van der Waals surface area (Å²) in [7, 11) is 1.97. The second kappa shape index (κ2) is 8.26. The number of alkyl halides is 3. The summed E-state index contributed by atoms with van der Waals surface area (Å²) in [6.45, 7) is 3.14. The predicted octanol–water partition coefficient (Wildman–Crippen LogP) is 2.32. The van der Waals surface area contributed by atoms with Gasteiger partial charge in [0.15, 0.2) is 0 Å². The second-order valence-electron chi connectivity index (χ2n) is 7.06. The van der Waals surface area contributed by atoms with Gasteiger partial charge in [-0.2, -0.15) is 18.3 Å². The van der Waals surface area contributed by atoms with Gasteiger partial charge in [-0.25, -0.2) is 14.8 Å². The number of hydrogen-bond acceptors (Lipinski definition) is 5. The zero-order chi connectivity index (χ0) is 20.3. The minimum atomic E-state index is -5.08. The van der Waals surface area contributed by atoms with E-state index in [1.165, 1.54) is 35.4 Å². The molecule has 0 aromatic carbocycles. The van der Waals surface area contributed by atoms with Gasteiger partial charge in [-0.1, -0.05) is 0 Å². The maximum atomic E-state index is 10.6. The SMILES string of the molecule is Cn1cc(CN2CCc3ncnc(C4CC4)c3CC2)cn1.O=C(O)C(F)(F)F. The van der Waals surface area contributed by atoms with Gasteiger partial charge in [-0.15, -0.1) is 0 Å². The lowest BCUT2D eigenvalue weighted by atomic mass is 10.0. The van der Waals surface area contributed by atoms with Crippen molar-refractivity contribution in [3.05, 3.63) is 41.2 Å². The van der Waals surface area contributed by atoms with Crippen LogP contribution in [0.4, 0.5) is 13.2 Å².